The SMILES string of the molecule is CCCCCCCCCCCCC[N+]([O-])(CCCCCCCCCCCCC)CCCCCCCCCCCCC. The Morgan fingerprint density at radius 2 is 0.390 bits per heavy atom. The molecule has 0 amide bonds. The van der Waals surface area contributed by atoms with Gasteiger partial charge in [-0.25, -0.2) is 0 Å². The summed E-state index contributed by atoms with van der Waals surface area (Å²) in [6.07, 6.45) is 45.0. The molecule has 0 unspecified atom stereocenters. The Hall–Kier alpha value is -0.0800. The van der Waals surface area contributed by atoms with Crippen molar-refractivity contribution in [3.63, 3.8) is 0 Å². The molecule has 0 heterocycles. The molecular weight excluding hydrogens is 498 g/mol. The lowest BCUT2D eigenvalue weighted by Crippen LogP contribution is -2.44. The summed E-state index contributed by atoms with van der Waals surface area (Å²) in [5.74, 6) is 0. The number of hydrogen-bond donors (Lipinski definition) is 0. The zero-order chi connectivity index (χ0) is 30.0. The highest BCUT2D eigenvalue weighted by Crippen LogP contribution is 2.18. The second kappa shape index (κ2) is 34.4. The van der Waals surface area contributed by atoms with Crippen LogP contribution < -0.4 is 0 Å². The standard InChI is InChI=1S/C39H81NO/c1-4-7-10-13-16-19-22-25-28-31-34-37-40(41,38-35-32-29-26-23-20-17-14-11-8-5-2)39-36-33-30-27-24-21-18-15-12-9-6-3/h4-39H2,1-3H3. The minimum absolute atomic E-state index is 0.117. The van der Waals surface area contributed by atoms with Crippen molar-refractivity contribution < 1.29 is 4.65 Å². The van der Waals surface area contributed by atoms with Crippen LogP contribution in [-0.4, -0.2) is 24.3 Å². The Morgan fingerprint density at radius 3 is 0.561 bits per heavy atom. The molecule has 0 radical (unpaired) electrons. The first kappa shape index (κ1) is 40.9. The van der Waals surface area contributed by atoms with Crippen LogP contribution in [0, 0.1) is 5.21 Å². The first-order valence-electron chi connectivity index (χ1n) is 19.8. The first-order valence-corrected chi connectivity index (χ1v) is 19.8. The highest BCUT2D eigenvalue weighted by atomic mass is 16.5. The number of hydroxylamine groups is 3. The molecule has 0 atom stereocenters. The topological polar surface area (TPSA) is 23.1 Å². The second-order valence-electron chi connectivity index (χ2n) is 13.8. The summed E-state index contributed by atoms with van der Waals surface area (Å²) in [5, 5.41) is 13.8. The molecule has 41 heavy (non-hydrogen) atoms. The van der Waals surface area contributed by atoms with E-state index in [1.807, 2.05) is 0 Å². The Bertz CT molecular complexity index is 400. The smallest absolute Gasteiger partial charge is 0.0783 e. The summed E-state index contributed by atoms with van der Waals surface area (Å²) in [6.45, 7) is 9.54. The van der Waals surface area contributed by atoms with Crippen LogP contribution in [0.3, 0.4) is 0 Å². The fraction of sp³-hybridized carbons (Fsp3) is 1.00. The maximum Gasteiger partial charge on any atom is 0.0783 e. The van der Waals surface area contributed by atoms with Crippen LogP contribution in [0.5, 0.6) is 0 Å². The third kappa shape index (κ3) is 32.7. The highest BCUT2D eigenvalue weighted by molar-refractivity contribution is 4.55. The molecule has 2 nitrogen and oxygen atoms in total. The normalized spacial score (nSPS) is 12.0. The van der Waals surface area contributed by atoms with E-state index in [0.717, 1.165) is 38.9 Å². The molecule has 0 aromatic heterocycles. The van der Waals surface area contributed by atoms with Crippen molar-refractivity contribution in [2.75, 3.05) is 19.6 Å². The van der Waals surface area contributed by atoms with Crippen LogP contribution in [0.4, 0.5) is 0 Å². The summed E-state index contributed by atoms with van der Waals surface area (Å²) >= 11 is 0. The number of nitrogens with zero attached hydrogens (tertiary/aromatic N) is 1. The van der Waals surface area contributed by atoms with Crippen LogP contribution in [0.1, 0.15) is 233 Å². The number of hydrogen-bond acceptors (Lipinski definition) is 1. The van der Waals surface area contributed by atoms with E-state index in [1.54, 1.807) is 0 Å². The summed E-state index contributed by atoms with van der Waals surface area (Å²) in [5.41, 5.74) is 0. The van der Waals surface area contributed by atoms with Gasteiger partial charge in [-0.15, -0.1) is 0 Å². The van der Waals surface area contributed by atoms with E-state index in [2.05, 4.69) is 20.8 Å². The van der Waals surface area contributed by atoms with Crippen molar-refractivity contribution >= 4 is 0 Å². The second-order valence-corrected chi connectivity index (χ2v) is 13.8. The van der Waals surface area contributed by atoms with Gasteiger partial charge in [0.2, 0.25) is 0 Å². The molecule has 0 N–H and O–H groups in total. The van der Waals surface area contributed by atoms with Crippen LogP contribution in [0.2, 0.25) is 0 Å². The average Bonchev–Trinajstić information content (AvgIpc) is 2.97. The van der Waals surface area contributed by atoms with Gasteiger partial charge in [-0.05, 0) is 38.5 Å². The molecule has 0 spiro atoms. The van der Waals surface area contributed by atoms with Gasteiger partial charge in [0.05, 0.1) is 19.6 Å². The lowest BCUT2D eigenvalue weighted by Gasteiger charge is -2.43. The summed E-state index contributed by atoms with van der Waals surface area (Å²) < 4.78 is 0.117. The van der Waals surface area contributed by atoms with E-state index < -0.39 is 0 Å². The fourth-order valence-corrected chi connectivity index (χ4v) is 6.53. The molecular formula is C39H81NO. The zero-order valence-corrected chi connectivity index (χ0v) is 29.3. The molecule has 0 aliphatic rings. The molecule has 0 aromatic rings. The molecule has 0 bridgehead atoms. The largest absolute Gasteiger partial charge is 0.633 e. The Morgan fingerprint density at radius 1 is 0.244 bits per heavy atom. The van der Waals surface area contributed by atoms with Crippen LogP contribution >= 0.6 is 0 Å². The third-order valence-electron chi connectivity index (χ3n) is 9.51. The number of rotatable bonds is 36. The van der Waals surface area contributed by atoms with Gasteiger partial charge in [-0.2, -0.15) is 0 Å². The minimum atomic E-state index is 0.117. The van der Waals surface area contributed by atoms with Gasteiger partial charge in [0.15, 0.2) is 0 Å². The van der Waals surface area contributed by atoms with Gasteiger partial charge in [0.1, 0.15) is 0 Å². The van der Waals surface area contributed by atoms with Crippen LogP contribution in [-0.2, 0) is 0 Å². The highest BCUT2D eigenvalue weighted by Gasteiger charge is 2.16. The molecule has 248 valence electrons. The molecule has 0 aromatic carbocycles. The molecule has 0 saturated carbocycles. The molecule has 0 fully saturated rings. The minimum Gasteiger partial charge on any atom is -0.633 e. The quantitative estimate of drug-likeness (QED) is 0.0411. The predicted molar refractivity (Wildman–Crippen MR) is 188 cm³/mol. The Balaban J connectivity index is 4.06. The van der Waals surface area contributed by atoms with Gasteiger partial charge >= 0.3 is 0 Å². The maximum absolute atomic E-state index is 13.8. The number of unbranched alkanes of at least 4 members (excludes halogenated alkanes) is 30. The molecule has 0 saturated heterocycles. The predicted octanol–water partition coefficient (Wildman–Crippen LogP) is 14.2. The van der Waals surface area contributed by atoms with Crippen molar-refractivity contribution in [3.05, 3.63) is 5.21 Å². The van der Waals surface area contributed by atoms with E-state index in [0.29, 0.717) is 0 Å². The van der Waals surface area contributed by atoms with Crippen LogP contribution in [0.25, 0.3) is 0 Å². The van der Waals surface area contributed by atoms with E-state index in [9.17, 15) is 5.21 Å². The fourth-order valence-electron chi connectivity index (χ4n) is 6.53. The van der Waals surface area contributed by atoms with E-state index in [-0.39, 0.29) is 4.65 Å². The molecule has 0 aliphatic heterocycles. The van der Waals surface area contributed by atoms with E-state index >= 15 is 0 Å². The molecule has 2 heteroatoms. The lowest BCUT2D eigenvalue weighted by molar-refractivity contribution is -0.881. The first-order chi connectivity index (χ1) is 20.2. The monoisotopic (exact) mass is 580 g/mol. The van der Waals surface area contributed by atoms with E-state index in [4.69, 9.17) is 0 Å². The van der Waals surface area contributed by atoms with Crippen molar-refractivity contribution in [3.8, 4) is 0 Å². The van der Waals surface area contributed by atoms with Gasteiger partial charge in [0, 0.05) is 0 Å². The van der Waals surface area contributed by atoms with Crippen molar-refractivity contribution in [1.29, 1.82) is 0 Å². The third-order valence-corrected chi connectivity index (χ3v) is 9.51. The summed E-state index contributed by atoms with van der Waals surface area (Å²) in [4.78, 5) is 0. The van der Waals surface area contributed by atoms with Gasteiger partial charge in [-0.3, -0.25) is 0 Å². The summed E-state index contributed by atoms with van der Waals surface area (Å²) in [7, 11) is 0. The Kier molecular flexibility index (Phi) is 34.3. The van der Waals surface area contributed by atoms with Crippen molar-refractivity contribution in [2.24, 2.45) is 0 Å². The summed E-state index contributed by atoms with van der Waals surface area (Å²) in [6, 6.07) is 0. The van der Waals surface area contributed by atoms with Gasteiger partial charge in [0.25, 0.3) is 0 Å². The number of quaternary nitrogens is 1. The van der Waals surface area contributed by atoms with Crippen molar-refractivity contribution in [2.45, 2.75) is 233 Å². The van der Waals surface area contributed by atoms with Gasteiger partial charge in [-0.1, -0.05) is 194 Å². The lowest BCUT2D eigenvalue weighted by atomic mass is 10.0. The maximum atomic E-state index is 13.8. The van der Waals surface area contributed by atoms with Crippen molar-refractivity contribution in [1.82, 2.24) is 0 Å². The van der Waals surface area contributed by atoms with Gasteiger partial charge < -0.3 is 9.85 Å². The molecule has 0 aliphatic carbocycles. The Labute approximate surface area is 261 Å². The van der Waals surface area contributed by atoms with Crippen LogP contribution in [0.15, 0.2) is 0 Å². The zero-order valence-electron chi connectivity index (χ0n) is 29.3. The average molecular weight is 580 g/mol. The molecule has 0 rings (SSSR count). The van der Waals surface area contributed by atoms with E-state index in [1.165, 1.54) is 193 Å².